The predicted molar refractivity (Wildman–Crippen MR) is 137 cm³/mol. The Kier molecular flexibility index (Phi) is 11.2. The topological polar surface area (TPSA) is 214 Å². The van der Waals surface area contributed by atoms with Gasteiger partial charge in [0.1, 0.15) is 23.9 Å². The lowest BCUT2D eigenvalue weighted by Gasteiger charge is -2.25. The highest BCUT2D eigenvalue weighted by Gasteiger charge is 2.30. The second-order valence-electron chi connectivity index (χ2n) is 8.86. The number of carboxylic acid groups (broad SMARTS) is 1. The molecule has 0 spiro atoms. The van der Waals surface area contributed by atoms with Crippen LogP contribution in [0.4, 0.5) is 0 Å². The number of hydrogen-bond acceptors (Lipinski definition) is 7. The molecule has 4 atom stereocenters. The molecule has 0 saturated carbocycles. The number of carbonyl (C=O) groups is 5. The summed E-state index contributed by atoms with van der Waals surface area (Å²) in [5, 5.41) is 26.2. The summed E-state index contributed by atoms with van der Waals surface area (Å²) in [5.41, 5.74) is 12.3. The van der Waals surface area contributed by atoms with E-state index in [-0.39, 0.29) is 31.4 Å². The lowest BCUT2D eigenvalue weighted by atomic mass is 10.0. The molecule has 0 aromatic heterocycles. The first-order chi connectivity index (χ1) is 18.0. The van der Waals surface area contributed by atoms with Gasteiger partial charge in [0.15, 0.2) is 0 Å². The number of rotatable bonds is 14. The Bertz CT molecular complexity index is 1120. The van der Waals surface area contributed by atoms with Crippen LogP contribution in [-0.4, -0.2) is 64.0 Å². The fourth-order valence-electron chi connectivity index (χ4n) is 3.49. The van der Waals surface area contributed by atoms with Gasteiger partial charge in [-0.15, -0.1) is 0 Å². The molecule has 4 amide bonds. The highest BCUT2D eigenvalue weighted by Crippen LogP contribution is 2.12. The van der Waals surface area contributed by atoms with Crippen LogP contribution in [0.2, 0.25) is 0 Å². The van der Waals surface area contributed by atoms with E-state index >= 15 is 0 Å². The SMILES string of the molecule is CC(NC(=O)C(Cc1ccc(O)cc1)NC(=O)C(Cc1ccccc1)NC(=O)C(N)CCC(N)=O)C(=O)O. The number of hydrogen-bond donors (Lipinski definition) is 7. The van der Waals surface area contributed by atoms with Gasteiger partial charge in [0.05, 0.1) is 6.04 Å². The molecule has 0 aliphatic heterocycles. The predicted octanol–water partition coefficient (Wildman–Crippen LogP) is -0.671. The maximum Gasteiger partial charge on any atom is 0.325 e. The van der Waals surface area contributed by atoms with E-state index < -0.39 is 53.8 Å². The van der Waals surface area contributed by atoms with Crippen molar-refractivity contribution in [3.63, 3.8) is 0 Å². The number of amides is 4. The van der Waals surface area contributed by atoms with Gasteiger partial charge in [0.2, 0.25) is 23.6 Å². The molecule has 2 aromatic rings. The van der Waals surface area contributed by atoms with Crippen LogP contribution < -0.4 is 27.4 Å². The second-order valence-corrected chi connectivity index (χ2v) is 8.86. The lowest BCUT2D eigenvalue weighted by molar-refractivity contribution is -0.141. The first-order valence-electron chi connectivity index (χ1n) is 12.0. The summed E-state index contributed by atoms with van der Waals surface area (Å²) in [4.78, 5) is 61.3. The number of nitrogens with two attached hydrogens (primary N) is 2. The first-order valence-corrected chi connectivity index (χ1v) is 12.0. The van der Waals surface area contributed by atoms with Crippen LogP contribution in [0.5, 0.6) is 5.75 Å². The van der Waals surface area contributed by atoms with Crippen LogP contribution in [-0.2, 0) is 36.8 Å². The minimum atomic E-state index is -1.26. The van der Waals surface area contributed by atoms with E-state index in [9.17, 15) is 34.2 Å². The van der Waals surface area contributed by atoms with Crippen molar-refractivity contribution in [1.82, 2.24) is 16.0 Å². The normalized spacial score (nSPS) is 13.8. The maximum atomic E-state index is 13.4. The van der Waals surface area contributed by atoms with Crippen molar-refractivity contribution in [2.45, 2.75) is 56.8 Å². The zero-order valence-corrected chi connectivity index (χ0v) is 20.9. The molecule has 0 bridgehead atoms. The van der Waals surface area contributed by atoms with E-state index in [1.54, 1.807) is 42.5 Å². The zero-order valence-electron chi connectivity index (χ0n) is 20.9. The van der Waals surface area contributed by atoms with Gasteiger partial charge in [-0.05, 0) is 36.6 Å². The van der Waals surface area contributed by atoms with Gasteiger partial charge in [-0.2, -0.15) is 0 Å². The smallest absolute Gasteiger partial charge is 0.325 e. The molecular formula is C26H33N5O7. The number of carbonyl (C=O) groups excluding carboxylic acids is 4. The van der Waals surface area contributed by atoms with Crippen molar-refractivity contribution < 1.29 is 34.2 Å². The summed E-state index contributed by atoms with van der Waals surface area (Å²) in [6.45, 7) is 1.28. The van der Waals surface area contributed by atoms with Crippen molar-refractivity contribution in [1.29, 1.82) is 0 Å². The van der Waals surface area contributed by atoms with Crippen molar-refractivity contribution in [3.05, 3.63) is 65.7 Å². The third-order valence-electron chi connectivity index (χ3n) is 5.69. The molecule has 2 rings (SSSR count). The number of aromatic hydroxyl groups is 1. The highest BCUT2D eigenvalue weighted by atomic mass is 16.4. The maximum absolute atomic E-state index is 13.4. The summed E-state index contributed by atoms with van der Waals surface area (Å²) < 4.78 is 0. The van der Waals surface area contributed by atoms with Crippen molar-refractivity contribution in [3.8, 4) is 5.75 Å². The standard InChI is InChI=1S/C26H33N5O7/c1-15(26(37)38)29-24(35)20(14-17-7-9-18(32)10-8-17)31-25(36)21(13-16-5-3-2-4-6-16)30-23(34)19(27)11-12-22(28)33/h2-10,15,19-21,32H,11-14,27H2,1H3,(H2,28,33)(H,29,35)(H,30,34)(H,31,36)(H,37,38). The van der Waals surface area contributed by atoms with Crippen LogP contribution in [0.1, 0.15) is 30.9 Å². The fourth-order valence-corrected chi connectivity index (χ4v) is 3.49. The summed E-state index contributed by atoms with van der Waals surface area (Å²) in [6.07, 6.45) is -0.0745. The van der Waals surface area contributed by atoms with E-state index in [1.807, 2.05) is 0 Å². The number of carboxylic acids is 1. The molecule has 9 N–H and O–H groups in total. The first kappa shape index (κ1) is 29.8. The fraction of sp³-hybridized carbons (Fsp3) is 0.346. The third kappa shape index (κ3) is 9.90. The quantitative estimate of drug-likeness (QED) is 0.167. The van der Waals surface area contributed by atoms with Crippen LogP contribution >= 0.6 is 0 Å². The molecule has 12 heteroatoms. The average Bonchev–Trinajstić information content (AvgIpc) is 2.87. The number of primary amides is 1. The molecule has 0 heterocycles. The molecule has 0 fully saturated rings. The largest absolute Gasteiger partial charge is 0.508 e. The van der Waals surface area contributed by atoms with Crippen LogP contribution in [0.3, 0.4) is 0 Å². The number of phenols is 1. The van der Waals surface area contributed by atoms with Gasteiger partial charge in [-0.3, -0.25) is 24.0 Å². The number of benzene rings is 2. The Morgan fingerprint density at radius 1 is 0.789 bits per heavy atom. The van der Waals surface area contributed by atoms with Crippen LogP contribution in [0.25, 0.3) is 0 Å². The minimum Gasteiger partial charge on any atom is -0.508 e. The molecule has 0 aliphatic rings. The lowest BCUT2D eigenvalue weighted by Crippen LogP contribution is -2.58. The van der Waals surface area contributed by atoms with E-state index in [1.165, 1.54) is 19.1 Å². The molecule has 4 unspecified atom stereocenters. The van der Waals surface area contributed by atoms with E-state index in [2.05, 4.69) is 16.0 Å². The Balaban J connectivity index is 2.26. The van der Waals surface area contributed by atoms with E-state index in [4.69, 9.17) is 11.5 Å². The van der Waals surface area contributed by atoms with Gasteiger partial charge in [0.25, 0.3) is 0 Å². The number of nitrogens with one attached hydrogen (secondary N) is 3. The molecule has 2 aromatic carbocycles. The Morgan fingerprint density at radius 3 is 1.82 bits per heavy atom. The molecule has 204 valence electrons. The Morgan fingerprint density at radius 2 is 1.29 bits per heavy atom. The molecule has 0 aliphatic carbocycles. The summed E-state index contributed by atoms with van der Waals surface area (Å²) in [6, 6.07) is 10.1. The summed E-state index contributed by atoms with van der Waals surface area (Å²) in [7, 11) is 0. The molecular weight excluding hydrogens is 494 g/mol. The number of phenolic OH excluding ortho intramolecular Hbond substituents is 1. The van der Waals surface area contributed by atoms with Gasteiger partial charge < -0.3 is 37.6 Å². The average molecular weight is 528 g/mol. The zero-order chi connectivity index (χ0) is 28.2. The van der Waals surface area contributed by atoms with Gasteiger partial charge in [0, 0.05) is 19.3 Å². The minimum absolute atomic E-state index is 0.0107. The van der Waals surface area contributed by atoms with Crippen LogP contribution in [0, 0.1) is 0 Å². The molecule has 12 nitrogen and oxygen atoms in total. The van der Waals surface area contributed by atoms with E-state index in [0.29, 0.717) is 5.56 Å². The second kappa shape index (κ2) is 14.3. The van der Waals surface area contributed by atoms with E-state index in [0.717, 1.165) is 5.56 Å². The summed E-state index contributed by atoms with van der Waals surface area (Å²) >= 11 is 0. The summed E-state index contributed by atoms with van der Waals surface area (Å²) in [5.74, 6) is -3.99. The highest BCUT2D eigenvalue weighted by molar-refractivity contribution is 5.94. The van der Waals surface area contributed by atoms with Crippen LogP contribution in [0.15, 0.2) is 54.6 Å². The Labute approximate surface area is 219 Å². The number of aliphatic carboxylic acids is 1. The van der Waals surface area contributed by atoms with Crippen molar-refractivity contribution in [2.24, 2.45) is 11.5 Å². The van der Waals surface area contributed by atoms with Gasteiger partial charge in [-0.25, -0.2) is 0 Å². The van der Waals surface area contributed by atoms with Gasteiger partial charge >= 0.3 is 5.97 Å². The molecule has 0 radical (unpaired) electrons. The van der Waals surface area contributed by atoms with Crippen molar-refractivity contribution in [2.75, 3.05) is 0 Å². The third-order valence-corrected chi connectivity index (χ3v) is 5.69. The monoisotopic (exact) mass is 527 g/mol. The Hall–Kier alpha value is -4.45. The van der Waals surface area contributed by atoms with Crippen molar-refractivity contribution >= 4 is 29.6 Å². The molecule has 38 heavy (non-hydrogen) atoms. The molecule has 0 saturated heterocycles. The van der Waals surface area contributed by atoms with Gasteiger partial charge in [-0.1, -0.05) is 42.5 Å².